The fourth-order valence-electron chi connectivity index (χ4n) is 2.51. The predicted octanol–water partition coefficient (Wildman–Crippen LogP) is 4.92. The van der Waals surface area contributed by atoms with Crippen molar-refractivity contribution in [3.8, 4) is 11.1 Å². The van der Waals surface area contributed by atoms with Crippen molar-refractivity contribution in [1.29, 1.82) is 0 Å². The van der Waals surface area contributed by atoms with Gasteiger partial charge in [-0.3, -0.25) is 10.1 Å². The number of hydrogen-bond acceptors (Lipinski definition) is 3. The van der Waals surface area contributed by atoms with Crippen LogP contribution in [-0.2, 0) is 4.74 Å². The number of halogens is 1. The molecule has 0 saturated heterocycles. The largest absolute Gasteiger partial charge is 0.453 e. The first-order chi connectivity index (χ1) is 13.1. The summed E-state index contributed by atoms with van der Waals surface area (Å²) in [5.74, 6) is -0.976. The molecule has 0 fully saturated rings. The van der Waals surface area contributed by atoms with E-state index in [4.69, 9.17) is 0 Å². The molecule has 3 rings (SSSR count). The number of hydrogen-bond donors (Lipinski definition) is 2. The van der Waals surface area contributed by atoms with E-state index < -0.39 is 11.9 Å². The Bertz CT molecular complexity index is 957. The Hall–Kier alpha value is -3.67. The molecule has 3 aromatic carbocycles. The van der Waals surface area contributed by atoms with Crippen LogP contribution < -0.4 is 10.6 Å². The second-order valence-corrected chi connectivity index (χ2v) is 5.71. The molecule has 3 aromatic rings. The van der Waals surface area contributed by atoms with E-state index in [-0.39, 0.29) is 11.6 Å². The molecule has 0 aromatic heterocycles. The van der Waals surface area contributed by atoms with E-state index in [9.17, 15) is 14.0 Å². The highest BCUT2D eigenvalue weighted by molar-refractivity contribution is 6.04. The average Bonchev–Trinajstić information content (AvgIpc) is 2.71. The van der Waals surface area contributed by atoms with Gasteiger partial charge in [0.1, 0.15) is 5.82 Å². The van der Waals surface area contributed by atoms with Gasteiger partial charge in [0, 0.05) is 11.3 Å². The Labute approximate surface area is 155 Å². The summed E-state index contributed by atoms with van der Waals surface area (Å²) in [7, 11) is 1.18. The van der Waals surface area contributed by atoms with Crippen LogP contribution in [-0.4, -0.2) is 19.1 Å². The fraction of sp³-hybridized carbons (Fsp3) is 0.0476. The highest BCUT2D eigenvalue weighted by Gasteiger charge is 2.11. The summed E-state index contributed by atoms with van der Waals surface area (Å²) in [6.45, 7) is 0. The lowest BCUT2D eigenvalue weighted by molar-refractivity contribution is 0.102. The van der Waals surface area contributed by atoms with Gasteiger partial charge in [-0.05, 0) is 41.5 Å². The minimum absolute atomic E-state index is 0.0842. The SMILES string of the molecule is COC(=O)Nc1cc(NC(=O)c2ccc(-c3ccccc3)cc2)ccc1F. The van der Waals surface area contributed by atoms with Crippen LogP contribution in [0.3, 0.4) is 0 Å². The number of nitrogens with one attached hydrogen (secondary N) is 2. The molecule has 2 N–H and O–H groups in total. The Morgan fingerprint density at radius 3 is 2.19 bits per heavy atom. The zero-order valence-electron chi connectivity index (χ0n) is 14.5. The molecule has 2 amide bonds. The van der Waals surface area contributed by atoms with Gasteiger partial charge in [0.05, 0.1) is 12.8 Å². The van der Waals surface area contributed by atoms with Crippen LogP contribution in [0.25, 0.3) is 11.1 Å². The molecule has 0 aliphatic heterocycles. The van der Waals surface area contributed by atoms with Gasteiger partial charge in [-0.1, -0.05) is 42.5 Å². The molecule has 136 valence electrons. The van der Waals surface area contributed by atoms with Gasteiger partial charge in [0.2, 0.25) is 0 Å². The second kappa shape index (κ2) is 8.14. The molecule has 0 radical (unpaired) electrons. The van der Waals surface area contributed by atoms with Crippen LogP contribution in [0.2, 0.25) is 0 Å². The lowest BCUT2D eigenvalue weighted by Crippen LogP contribution is -2.14. The van der Waals surface area contributed by atoms with Crippen LogP contribution in [0.4, 0.5) is 20.6 Å². The number of amides is 2. The van der Waals surface area contributed by atoms with Crippen molar-refractivity contribution < 1.29 is 18.7 Å². The predicted molar refractivity (Wildman–Crippen MR) is 102 cm³/mol. The van der Waals surface area contributed by atoms with E-state index in [1.54, 1.807) is 12.1 Å². The summed E-state index contributed by atoms with van der Waals surface area (Å²) in [4.78, 5) is 23.7. The topological polar surface area (TPSA) is 67.4 Å². The Balaban J connectivity index is 1.73. The standard InChI is InChI=1S/C21H17FN2O3/c1-27-21(26)24-19-13-17(11-12-18(19)22)23-20(25)16-9-7-15(8-10-16)14-5-3-2-4-6-14/h2-13H,1H3,(H,23,25)(H,24,26). The van der Waals surface area contributed by atoms with Crippen molar-refractivity contribution in [2.45, 2.75) is 0 Å². The van der Waals surface area contributed by atoms with Gasteiger partial charge in [0.15, 0.2) is 0 Å². The molecule has 0 bridgehead atoms. The van der Waals surface area contributed by atoms with Crippen LogP contribution >= 0.6 is 0 Å². The smallest absolute Gasteiger partial charge is 0.411 e. The first-order valence-corrected chi connectivity index (χ1v) is 8.18. The van der Waals surface area contributed by atoms with E-state index in [1.807, 2.05) is 42.5 Å². The second-order valence-electron chi connectivity index (χ2n) is 5.71. The molecule has 0 aliphatic carbocycles. The lowest BCUT2D eigenvalue weighted by atomic mass is 10.0. The molecule has 0 spiro atoms. The number of benzene rings is 3. The number of ether oxygens (including phenoxy) is 1. The van der Waals surface area contributed by atoms with Crippen molar-refractivity contribution >= 4 is 23.4 Å². The van der Waals surface area contributed by atoms with Crippen LogP contribution in [0.5, 0.6) is 0 Å². The van der Waals surface area contributed by atoms with E-state index in [1.165, 1.54) is 19.2 Å². The number of carbonyl (C=O) groups is 2. The first kappa shape index (κ1) is 18.1. The minimum atomic E-state index is -0.797. The number of methoxy groups -OCH3 is 1. The summed E-state index contributed by atoms with van der Waals surface area (Å²) in [6, 6.07) is 20.9. The van der Waals surface area contributed by atoms with Gasteiger partial charge >= 0.3 is 6.09 Å². The molecule has 0 saturated carbocycles. The third-order valence-corrected chi connectivity index (χ3v) is 3.90. The normalized spacial score (nSPS) is 10.1. The summed E-state index contributed by atoms with van der Waals surface area (Å²) < 4.78 is 18.2. The highest BCUT2D eigenvalue weighted by atomic mass is 19.1. The van der Waals surface area contributed by atoms with E-state index >= 15 is 0 Å². The maximum atomic E-state index is 13.7. The van der Waals surface area contributed by atoms with E-state index in [2.05, 4.69) is 15.4 Å². The van der Waals surface area contributed by atoms with Crippen molar-refractivity contribution in [3.63, 3.8) is 0 Å². The van der Waals surface area contributed by atoms with Gasteiger partial charge in [0.25, 0.3) is 5.91 Å². The van der Waals surface area contributed by atoms with Crippen LogP contribution in [0.15, 0.2) is 72.8 Å². The zero-order valence-corrected chi connectivity index (χ0v) is 14.5. The Morgan fingerprint density at radius 2 is 1.52 bits per heavy atom. The summed E-state index contributed by atoms with van der Waals surface area (Å²) >= 11 is 0. The van der Waals surface area contributed by atoms with Crippen LogP contribution in [0, 0.1) is 5.82 Å². The minimum Gasteiger partial charge on any atom is -0.453 e. The molecule has 27 heavy (non-hydrogen) atoms. The first-order valence-electron chi connectivity index (χ1n) is 8.18. The molecule has 0 heterocycles. The number of anilines is 2. The van der Waals surface area contributed by atoms with Gasteiger partial charge in [-0.2, -0.15) is 0 Å². The van der Waals surface area contributed by atoms with Crippen molar-refractivity contribution in [2.24, 2.45) is 0 Å². The van der Waals surface area contributed by atoms with Gasteiger partial charge < -0.3 is 10.1 Å². The monoisotopic (exact) mass is 364 g/mol. The summed E-state index contributed by atoms with van der Waals surface area (Å²) in [5, 5.41) is 4.93. The third-order valence-electron chi connectivity index (χ3n) is 3.90. The number of rotatable bonds is 4. The lowest BCUT2D eigenvalue weighted by Gasteiger charge is -2.10. The summed E-state index contributed by atoms with van der Waals surface area (Å²) in [5.41, 5.74) is 2.78. The maximum Gasteiger partial charge on any atom is 0.411 e. The summed E-state index contributed by atoms with van der Waals surface area (Å²) in [6.07, 6.45) is -0.797. The number of carbonyl (C=O) groups excluding carboxylic acids is 2. The van der Waals surface area contributed by atoms with Crippen molar-refractivity contribution in [2.75, 3.05) is 17.7 Å². The maximum absolute atomic E-state index is 13.7. The van der Waals surface area contributed by atoms with E-state index in [0.717, 1.165) is 17.2 Å². The van der Waals surface area contributed by atoms with Gasteiger partial charge in [-0.15, -0.1) is 0 Å². The Morgan fingerprint density at radius 1 is 0.852 bits per heavy atom. The molecule has 0 unspecified atom stereocenters. The highest BCUT2D eigenvalue weighted by Crippen LogP contribution is 2.22. The Kier molecular flexibility index (Phi) is 5.47. The third kappa shape index (κ3) is 4.49. The molecular formula is C21H17FN2O3. The van der Waals surface area contributed by atoms with Crippen molar-refractivity contribution in [1.82, 2.24) is 0 Å². The molecule has 0 aliphatic rings. The zero-order chi connectivity index (χ0) is 19.2. The van der Waals surface area contributed by atoms with Crippen LogP contribution in [0.1, 0.15) is 10.4 Å². The molecule has 5 nitrogen and oxygen atoms in total. The molecule has 0 atom stereocenters. The average molecular weight is 364 g/mol. The van der Waals surface area contributed by atoms with Crippen molar-refractivity contribution in [3.05, 3.63) is 84.2 Å². The quantitative estimate of drug-likeness (QED) is 0.690. The molecule has 6 heteroatoms. The molecular weight excluding hydrogens is 347 g/mol. The fourth-order valence-corrected chi connectivity index (χ4v) is 2.51. The van der Waals surface area contributed by atoms with Gasteiger partial charge in [-0.25, -0.2) is 9.18 Å². The van der Waals surface area contributed by atoms with E-state index in [0.29, 0.717) is 11.3 Å².